The molecular formula is C10H16N2O. The second kappa shape index (κ2) is 4.84. The minimum Gasteiger partial charge on any atom is -0.491 e. The Bertz CT molecular complexity index is 261. The van der Waals surface area contributed by atoms with Gasteiger partial charge < -0.3 is 4.74 Å². The summed E-state index contributed by atoms with van der Waals surface area (Å²) in [6, 6.07) is 7.88. The highest BCUT2D eigenvalue weighted by molar-refractivity contribution is 5.33. The van der Waals surface area contributed by atoms with E-state index in [0.29, 0.717) is 6.54 Å². The number of hydrogen-bond acceptors (Lipinski definition) is 3. The van der Waals surface area contributed by atoms with E-state index in [-0.39, 0.29) is 6.10 Å². The number of nitrogens with one attached hydrogen (secondary N) is 1. The minimum absolute atomic E-state index is 0.193. The lowest BCUT2D eigenvalue weighted by Crippen LogP contribution is -2.21. The highest BCUT2D eigenvalue weighted by Gasteiger charge is 2.02. The molecule has 1 aromatic carbocycles. The van der Waals surface area contributed by atoms with Crippen LogP contribution < -0.4 is 16.0 Å². The Labute approximate surface area is 78.9 Å². The summed E-state index contributed by atoms with van der Waals surface area (Å²) >= 11 is 0. The molecule has 0 heterocycles. The van der Waals surface area contributed by atoms with Crippen molar-refractivity contribution in [2.24, 2.45) is 5.84 Å². The lowest BCUT2D eigenvalue weighted by atomic mass is 10.2. The lowest BCUT2D eigenvalue weighted by molar-refractivity contribution is 0.239. The molecule has 0 unspecified atom stereocenters. The zero-order valence-electron chi connectivity index (χ0n) is 8.08. The van der Waals surface area contributed by atoms with Crippen molar-refractivity contribution < 1.29 is 4.74 Å². The van der Waals surface area contributed by atoms with Gasteiger partial charge in [-0.3, -0.25) is 11.3 Å². The number of nitrogens with two attached hydrogens (primary N) is 1. The second-order valence-corrected chi connectivity index (χ2v) is 3.16. The largest absolute Gasteiger partial charge is 0.491 e. The predicted octanol–water partition coefficient (Wildman–Crippen LogP) is 1.44. The molecule has 0 aliphatic rings. The topological polar surface area (TPSA) is 47.3 Å². The van der Waals surface area contributed by atoms with Gasteiger partial charge in [-0.15, -0.1) is 0 Å². The quantitative estimate of drug-likeness (QED) is 0.544. The zero-order chi connectivity index (χ0) is 9.68. The van der Waals surface area contributed by atoms with Crippen LogP contribution in [0.4, 0.5) is 0 Å². The predicted molar refractivity (Wildman–Crippen MR) is 53.2 cm³/mol. The average molecular weight is 180 g/mol. The Kier molecular flexibility index (Phi) is 3.73. The third-order valence-electron chi connectivity index (χ3n) is 1.63. The standard InChI is InChI=1S/C10H16N2O/c1-8(2)13-10-6-4-3-5-9(10)7-12-11/h3-6,8,12H,7,11H2,1-2H3. The summed E-state index contributed by atoms with van der Waals surface area (Å²) < 4.78 is 5.60. The number of para-hydroxylation sites is 1. The van der Waals surface area contributed by atoms with E-state index in [1.807, 2.05) is 38.1 Å². The van der Waals surface area contributed by atoms with E-state index in [2.05, 4.69) is 5.43 Å². The first-order valence-corrected chi connectivity index (χ1v) is 4.42. The maximum absolute atomic E-state index is 5.60. The van der Waals surface area contributed by atoms with Crippen LogP contribution in [-0.4, -0.2) is 6.10 Å². The van der Waals surface area contributed by atoms with E-state index in [1.165, 1.54) is 0 Å². The summed E-state index contributed by atoms with van der Waals surface area (Å²) in [5, 5.41) is 0. The van der Waals surface area contributed by atoms with Crippen LogP contribution in [-0.2, 0) is 6.54 Å². The van der Waals surface area contributed by atoms with Crippen molar-refractivity contribution in [3.8, 4) is 5.75 Å². The average Bonchev–Trinajstić information content (AvgIpc) is 2.08. The monoisotopic (exact) mass is 180 g/mol. The molecule has 72 valence electrons. The van der Waals surface area contributed by atoms with E-state index < -0.39 is 0 Å². The van der Waals surface area contributed by atoms with Gasteiger partial charge in [0.1, 0.15) is 5.75 Å². The lowest BCUT2D eigenvalue weighted by Gasteiger charge is -2.13. The maximum Gasteiger partial charge on any atom is 0.124 e. The third-order valence-corrected chi connectivity index (χ3v) is 1.63. The molecule has 0 bridgehead atoms. The number of ether oxygens (including phenoxy) is 1. The fourth-order valence-electron chi connectivity index (χ4n) is 1.13. The molecule has 0 spiro atoms. The normalized spacial score (nSPS) is 10.5. The summed E-state index contributed by atoms with van der Waals surface area (Å²) in [5.41, 5.74) is 3.70. The first-order valence-electron chi connectivity index (χ1n) is 4.42. The fourth-order valence-corrected chi connectivity index (χ4v) is 1.13. The van der Waals surface area contributed by atoms with Crippen molar-refractivity contribution in [3.05, 3.63) is 29.8 Å². The molecule has 13 heavy (non-hydrogen) atoms. The Morgan fingerprint density at radius 3 is 2.69 bits per heavy atom. The summed E-state index contributed by atoms with van der Waals surface area (Å²) in [4.78, 5) is 0. The molecule has 0 saturated carbocycles. The van der Waals surface area contributed by atoms with E-state index in [1.54, 1.807) is 0 Å². The Hall–Kier alpha value is -1.06. The Morgan fingerprint density at radius 2 is 2.08 bits per heavy atom. The van der Waals surface area contributed by atoms with Crippen LogP contribution in [0.5, 0.6) is 5.75 Å². The Morgan fingerprint density at radius 1 is 1.38 bits per heavy atom. The number of rotatable bonds is 4. The van der Waals surface area contributed by atoms with Crippen LogP contribution in [0.1, 0.15) is 19.4 Å². The number of hydrogen-bond donors (Lipinski definition) is 2. The van der Waals surface area contributed by atoms with Crippen molar-refractivity contribution in [2.75, 3.05) is 0 Å². The second-order valence-electron chi connectivity index (χ2n) is 3.16. The molecule has 0 aromatic heterocycles. The zero-order valence-corrected chi connectivity index (χ0v) is 8.08. The number of hydrazine groups is 1. The van der Waals surface area contributed by atoms with Gasteiger partial charge in [0.2, 0.25) is 0 Å². The summed E-state index contributed by atoms with van der Waals surface area (Å²) in [6.07, 6.45) is 0.193. The van der Waals surface area contributed by atoms with Gasteiger partial charge in [0.15, 0.2) is 0 Å². The SMILES string of the molecule is CC(C)Oc1ccccc1CNN. The van der Waals surface area contributed by atoms with Crippen molar-refractivity contribution in [1.29, 1.82) is 0 Å². The van der Waals surface area contributed by atoms with Crippen molar-refractivity contribution in [3.63, 3.8) is 0 Å². The molecule has 3 N–H and O–H groups in total. The summed E-state index contributed by atoms with van der Waals surface area (Å²) in [7, 11) is 0. The van der Waals surface area contributed by atoms with Gasteiger partial charge in [-0.2, -0.15) is 0 Å². The van der Waals surface area contributed by atoms with E-state index in [9.17, 15) is 0 Å². The molecule has 0 radical (unpaired) electrons. The van der Waals surface area contributed by atoms with Gasteiger partial charge in [-0.1, -0.05) is 18.2 Å². The summed E-state index contributed by atoms with van der Waals surface area (Å²) in [6.45, 7) is 4.64. The molecule has 3 nitrogen and oxygen atoms in total. The van der Waals surface area contributed by atoms with Gasteiger partial charge in [0.05, 0.1) is 6.10 Å². The molecule has 1 rings (SSSR count). The van der Waals surface area contributed by atoms with Crippen molar-refractivity contribution >= 4 is 0 Å². The first kappa shape index (κ1) is 10.0. The van der Waals surface area contributed by atoms with Crippen molar-refractivity contribution in [1.82, 2.24) is 5.43 Å². The first-order chi connectivity index (χ1) is 6.24. The molecule has 0 saturated heterocycles. The Balaban J connectivity index is 2.78. The molecule has 0 aliphatic heterocycles. The van der Waals surface area contributed by atoms with Crippen LogP contribution in [0, 0.1) is 0 Å². The van der Waals surface area contributed by atoms with E-state index >= 15 is 0 Å². The molecule has 0 fully saturated rings. The minimum atomic E-state index is 0.193. The van der Waals surface area contributed by atoms with Gasteiger partial charge >= 0.3 is 0 Å². The van der Waals surface area contributed by atoms with Gasteiger partial charge in [-0.05, 0) is 19.9 Å². The summed E-state index contributed by atoms with van der Waals surface area (Å²) in [5.74, 6) is 6.15. The number of benzene rings is 1. The van der Waals surface area contributed by atoms with Gasteiger partial charge in [-0.25, -0.2) is 0 Å². The molecule has 0 amide bonds. The highest BCUT2D eigenvalue weighted by Crippen LogP contribution is 2.18. The molecule has 0 aliphatic carbocycles. The fraction of sp³-hybridized carbons (Fsp3) is 0.400. The molecule has 1 aromatic rings. The van der Waals surface area contributed by atoms with Crippen LogP contribution in [0.25, 0.3) is 0 Å². The van der Waals surface area contributed by atoms with Crippen LogP contribution in [0.3, 0.4) is 0 Å². The van der Waals surface area contributed by atoms with E-state index in [0.717, 1.165) is 11.3 Å². The van der Waals surface area contributed by atoms with Crippen LogP contribution in [0.2, 0.25) is 0 Å². The van der Waals surface area contributed by atoms with Gasteiger partial charge in [0.25, 0.3) is 0 Å². The maximum atomic E-state index is 5.60. The van der Waals surface area contributed by atoms with E-state index in [4.69, 9.17) is 10.6 Å². The third kappa shape index (κ3) is 3.05. The molecule has 3 heteroatoms. The molecular weight excluding hydrogens is 164 g/mol. The van der Waals surface area contributed by atoms with Crippen LogP contribution in [0.15, 0.2) is 24.3 Å². The van der Waals surface area contributed by atoms with Crippen LogP contribution >= 0.6 is 0 Å². The smallest absolute Gasteiger partial charge is 0.124 e. The van der Waals surface area contributed by atoms with Gasteiger partial charge in [0, 0.05) is 12.1 Å². The highest BCUT2D eigenvalue weighted by atomic mass is 16.5. The van der Waals surface area contributed by atoms with Crippen molar-refractivity contribution in [2.45, 2.75) is 26.5 Å². The molecule has 0 atom stereocenters.